The highest BCUT2D eigenvalue weighted by atomic mass is 28.4. The highest BCUT2D eigenvalue weighted by Gasteiger charge is 2.55. The van der Waals surface area contributed by atoms with E-state index < -0.39 is 16.6 Å². The molecule has 168 valence electrons. The van der Waals surface area contributed by atoms with Crippen LogP contribution in [0.15, 0.2) is 24.5 Å². The molecular weight excluding hydrogens is 408 g/mol. The monoisotopic (exact) mass is 448 g/mol. The van der Waals surface area contributed by atoms with Gasteiger partial charge in [0, 0.05) is 18.9 Å². The number of nitrogens with zero attached hydrogens (tertiary/aromatic N) is 2. The predicted molar refractivity (Wildman–Crippen MR) is 127 cm³/mol. The Bertz CT molecular complexity index is 780. The molecular formula is C23H40N2O3Si2. The first-order chi connectivity index (χ1) is 13.5. The van der Waals surface area contributed by atoms with Gasteiger partial charge in [-0.25, -0.2) is 0 Å². The lowest BCUT2D eigenvalue weighted by Gasteiger charge is -2.46. The van der Waals surface area contributed by atoms with Crippen LogP contribution in [0.4, 0.5) is 0 Å². The number of pyridine rings is 1. The van der Waals surface area contributed by atoms with E-state index in [9.17, 15) is 9.59 Å². The molecule has 2 rings (SSSR count). The van der Waals surface area contributed by atoms with Crippen molar-refractivity contribution >= 4 is 28.4 Å². The van der Waals surface area contributed by atoms with Crippen molar-refractivity contribution in [1.82, 2.24) is 9.55 Å². The molecule has 0 N–H and O–H groups in total. The second-order valence-corrected chi connectivity index (χ2v) is 21.6. The number of hydrogen-bond acceptors (Lipinski definition) is 4. The largest absolute Gasteiger partial charge is 0.519 e. The summed E-state index contributed by atoms with van der Waals surface area (Å²) in [5, 5.41) is -0.0205. The third-order valence-corrected chi connectivity index (χ3v) is 17.2. The van der Waals surface area contributed by atoms with Crippen LogP contribution in [0.25, 0.3) is 0 Å². The topological polar surface area (TPSA) is 59.5 Å². The van der Waals surface area contributed by atoms with Crippen molar-refractivity contribution < 1.29 is 14.0 Å². The van der Waals surface area contributed by atoms with Gasteiger partial charge in [0.05, 0.1) is 11.8 Å². The van der Waals surface area contributed by atoms with Crippen molar-refractivity contribution in [3.05, 3.63) is 30.1 Å². The molecule has 2 atom stereocenters. The second kappa shape index (κ2) is 8.22. The van der Waals surface area contributed by atoms with Crippen LogP contribution in [-0.4, -0.2) is 38.0 Å². The van der Waals surface area contributed by atoms with Gasteiger partial charge in [0.15, 0.2) is 8.24 Å². The number of aromatic nitrogens is 1. The Balaban J connectivity index is 2.21. The average Bonchev–Trinajstić information content (AvgIpc) is 3.38. The maximum Gasteiger partial charge on any atom is 0.296 e. The molecule has 30 heavy (non-hydrogen) atoms. The highest BCUT2D eigenvalue weighted by molar-refractivity contribution is 6.79. The molecule has 0 radical (unpaired) electrons. The van der Waals surface area contributed by atoms with Crippen LogP contribution in [0.1, 0.15) is 53.5 Å². The zero-order valence-corrected chi connectivity index (χ0v) is 22.5. The second-order valence-electron chi connectivity index (χ2n) is 11.7. The zero-order valence-electron chi connectivity index (χ0n) is 20.5. The lowest BCUT2D eigenvalue weighted by Crippen LogP contribution is -2.57. The van der Waals surface area contributed by atoms with E-state index in [-0.39, 0.29) is 33.8 Å². The maximum absolute atomic E-state index is 13.6. The van der Waals surface area contributed by atoms with E-state index in [0.29, 0.717) is 13.0 Å². The smallest absolute Gasteiger partial charge is 0.296 e. The summed E-state index contributed by atoms with van der Waals surface area (Å²) in [5.74, 6) is -0.621. The molecule has 0 spiro atoms. The van der Waals surface area contributed by atoms with Crippen LogP contribution in [-0.2, 0) is 20.6 Å². The van der Waals surface area contributed by atoms with E-state index in [2.05, 4.69) is 77.3 Å². The van der Waals surface area contributed by atoms with E-state index in [4.69, 9.17) is 4.43 Å². The summed E-state index contributed by atoms with van der Waals surface area (Å²) in [7, 11) is -4.31. The molecule has 1 aliphatic carbocycles. The Morgan fingerprint density at radius 1 is 1.00 bits per heavy atom. The van der Waals surface area contributed by atoms with Gasteiger partial charge in [-0.05, 0) is 47.3 Å². The van der Waals surface area contributed by atoms with Crippen LogP contribution in [0, 0.1) is 11.8 Å². The minimum Gasteiger partial charge on any atom is -0.519 e. The normalized spacial score (nSPS) is 19.9. The molecule has 1 aliphatic rings. The molecule has 0 saturated heterocycles. The first kappa shape index (κ1) is 24.8. The SMILES string of the molecule is CC(C)(C)[Si](C)(C)OC(=O)C1CC1C(=O)N(Cc1ccncc1)[Si](C)(C)C(C)(C)C. The van der Waals surface area contributed by atoms with Crippen molar-refractivity contribution in [2.24, 2.45) is 11.8 Å². The molecule has 2 unspecified atom stereocenters. The molecule has 1 aromatic heterocycles. The highest BCUT2D eigenvalue weighted by Crippen LogP contribution is 2.47. The summed E-state index contributed by atoms with van der Waals surface area (Å²) in [4.78, 5) is 30.6. The summed E-state index contributed by atoms with van der Waals surface area (Å²) >= 11 is 0. The molecule has 1 heterocycles. The molecule has 7 heteroatoms. The van der Waals surface area contributed by atoms with E-state index >= 15 is 0 Å². The lowest BCUT2D eigenvalue weighted by atomic mass is 10.2. The minimum absolute atomic E-state index is 0.0156. The van der Waals surface area contributed by atoms with Gasteiger partial charge in [-0.2, -0.15) is 0 Å². The van der Waals surface area contributed by atoms with E-state index in [1.165, 1.54) is 0 Å². The van der Waals surface area contributed by atoms with Crippen LogP contribution >= 0.6 is 0 Å². The number of carbonyl (C=O) groups is 2. The maximum atomic E-state index is 13.6. The van der Waals surface area contributed by atoms with Crippen molar-refractivity contribution in [1.29, 1.82) is 0 Å². The fourth-order valence-electron chi connectivity index (χ4n) is 3.04. The van der Waals surface area contributed by atoms with Gasteiger partial charge in [0.1, 0.15) is 0 Å². The van der Waals surface area contributed by atoms with E-state index in [1.54, 1.807) is 12.4 Å². The van der Waals surface area contributed by atoms with Crippen molar-refractivity contribution in [3.8, 4) is 0 Å². The predicted octanol–water partition coefficient (Wildman–Crippen LogP) is 5.60. The minimum atomic E-state index is -2.18. The quantitative estimate of drug-likeness (QED) is 0.531. The summed E-state index contributed by atoms with van der Waals surface area (Å²) < 4.78 is 8.08. The Kier molecular flexibility index (Phi) is 6.80. The molecule has 1 amide bonds. The van der Waals surface area contributed by atoms with Gasteiger partial charge in [-0.15, -0.1) is 0 Å². The fourth-order valence-corrected chi connectivity index (χ4v) is 6.10. The van der Waals surface area contributed by atoms with E-state index in [0.717, 1.165) is 5.56 Å². The van der Waals surface area contributed by atoms with Crippen LogP contribution in [0.5, 0.6) is 0 Å². The molecule has 5 nitrogen and oxygen atoms in total. The van der Waals surface area contributed by atoms with Crippen molar-refractivity contribution in [2.75, 3.05) is 0 Å². The number of carbonyl (C=O) groups excluding carboxylic acids is 2. The third-order valence-electron chi connectivity index (χ3n) is 7.44. The van der Waals surface area contributed by atoms with Crippen molar-refractivity contribution in [3.63, 3.8) is 0 Å². The average molecular weight is 449 g/mol. The Morgan fingerprint density at radius 2 is 1.53 bits per heavy atom. The standard InChI is InChI=1S/C23H40N2O3Si2/c1-22(2,3)29(7,8)25(16-17-11-13-24-14-12-17)20(26)18-15-19(18)21(27)28-30(9,10)23(4,5)6/h11-14,18-19H,15-16H2,1-10H3. The van der Waals surface area contributed by atoms with Gasteiger partial charge in [0.2, 0.25) is 5.91 Å². The summed E-state index contributed by atoms with van der Waals surface area (Å²) in [6.45, 7) is 22.2. The van der Waals surface area contributed by atoms with E-state index in [1.807, 2.05) is 12.1 Å². The molecule has 1 saturated carbocycles. The Morgan fingerprint density at radius 3 is 2.00 bits per heavy atom. The third kappa shape index (κ3) is 5.22. The van der Waals surface area contributed by atoms with Crippen LogP contribution in [0.2, 0.25) is 36.3 Å². The Labute approximate surface area is 184 Å². The lowest BCUT2D eigenvalue weighted by molar-refractivity contribution is -0.139. The van der Waals surface area contributed by atoms with Gasteiger partial charge in [-0.1, -0.05) is 54.6 Å². The Hall–Kier alpha value is -1.48. The fraction of sp³-hybridized carbons (Fsp3) is 0.696. The summed E-state index contributed by atoms with van der Waals surface area (Å²) in [5.41, 5.74) is 1.07. The van der Waals surface area contributed by atoms with Gasteiger partial charge in [-0.3, -0.25) is 14.6 Å². The molecule has 0 aliphatic heterocycles. The first-order valence-electron chi connectivity index (χ1n) is 10.9. The van der Waals surface area contributed by atoms with Gasteiger partial charge >= 0.3 is 0 Å². The number of hydrogen-bond donors (Lipinski definition) is 0. The summed E-state index contributed by atoms with van der Waals surface area (Å²) in [6, 6.07) is 3.92. The molecule has 1 fully saturated rings. The molecule has 0 bridgehead atoms. The summed E-state index contributed by atoms with van der Waals surface area (Å²) in [6.07, 6.45) is 4.13. The van der Waals surface area contributed by atoms with Gasteiger partial charge < -0.3 is 8.99 Å². The zero-order chi connectivity index (χ0) is 23.1. The number of rotatable bonds is 6. The number of amides is 1. The molecule has 0 aromatic carbocycles. The first-order valence-corrected chi connectivity index (χ1v) is 16.8. The molecule has 1 aromatic rings. The van der Waals surface area contributed by atoms with Crippen LogP contribution < -0.4 is 0 Å². The van der Waals surface area contributed by atoms with Gasteiger partial charge in [0.25, 0.3) is 14.3 Å². The van der Waals surface area contributed by atoms with Crippen LogP contribution in [0.3, 0.4) is 0 Å². The van der Waals surface area contributed by atoms with Crippen molar-refractivity contribution in [2.45, 2.75) is 90.8 Å².